The minimum Gasteiger partial charge on any atom is -0.405 e. The van der Waals surface area contributed by atoms with Gasteiger partial charge in [0.25, 0.3) is 10.0 Å². The van der Waals surface area contributed by atoms with Crippen LogP contribution >= 0.6 is 22.9 Å². The molecular weight excluding hydrogens is 463 g/mol. The van der Waals surface area contributed by atoms with Crippen molar-refractivity contribution in [2.24, 2.45) is 10.7 Å². The van der Waals surface area contributed by atoms with Crippen molar-refractivity contribution in [2.75, 3.05) is 11.8 Å². The third-order valence-electron chi connectivity index (χ3n) is 4.31. The van der Waals surface area contributed by atoms with Crippen molar-refractivity contribution < 1.29 is 17.9 Å². The fourth-order valence-corrected chi connectivity index (χ4v) is 4.85. The Hall–Kier alpha value is -2.79. The van der Waals surface area contributed by atoms with E-state index in [0.29, 0.717) is 21.9 Å². The molecule has 7 nitrogen and oxygen atoms in total. The number of allylic oxidation sites excluding steroid dienone is 1. The maximum Gasteiger partial charge on any atom is 0.263 e. The van der Waals surface area contributed by atoms with Crippen molar-refractivity contribution in [1.29, 1.82) is 0 Å². The third kappa shape index (κ3) is 5.10. The number of thiazole rings is 1. The molecule has 3 aromatic rings. The van der Waals surface area contributed by atoms with Crippen LogP contribution in [0.25, 0.3) is 0 Å². The summed E-state index contributed by atoms with van der Waals surface area (Å²) in [6.07, 6.45) is 2.85. The molecule has 162 valence electrons. The number of rotatable bonds is 7. The number of nitrogens with zero attached hydrogens (tertiary/aromatic N) is 2. The molecule has 1 aromatic heterocycles. The molecule has 11 heteroatoms. The first-order chi connectivity index (χ1) is 14.8. The van der Waals surface area contributed by atoms with Gasteiger partial charge in [-0.3, -0.25) is 9.71 Å². The largest absolute Gasteiger partial charge is 0.405 e. The zero-order valence-electron chi connectivity index (χ0n) is 16.2. The van der Waals surface area contributed by atoms with Crippen molar-refractivity contribution in [2.45, 2.75) is 11.0 Å². The molecule has 2 aromatic carbocycles. The molecule has 1 unspecified atom stereocenters. The number of aliphatic hydroxyl groups excluding tert-OH is 1. The van der Waals surface area contributed by atoms with Crippen molar-refractivity contribution >= 4 is 43.8 Å². The minimum atomic E-state index is -4.03. The number of nitrogens with two attached hydrogens (primary N) is 1. The number of nitrogens with one attached hydrogen (secondary N) is 1. The van der Waals surface area contributed by atoms with E-state index < -0.39 is 21.9 Å². The average Bonchev–Trinajstić information content (AvgIpc) is 3.23. The summed E-state index contributed by atoms with van der Waals surface area (Å²) in [5, 5.41) is 13.1. The van der Waals surface area contributed by atoms with E-state index in [0.717, 1.165) is 17.4 Å². The fourth-order valence-electron chi connectivity index (χ4n) is 2.88. The van der Waals surface area contributed by atoms with Gasteiger partial charge in [0.2, 0.25) is 0 Å². The summed E-state index contributed by atoms with van der Waals surface area (Å²) in [5.41, 5.74) is 6.59. The number of aliphatic imine (C=N–C) groups is 1. The third-order valence-corrected chi connectivity index (χ3v) is 6.70. The number of hydrogen-bond donors (Lipinski definition) is 3. The molecule has 0 aliphatic heterocycles. The average molecular weight is 481 g/mol. The zero-order valence-corrected chi connectivity index (χ0v) is 18.5. The van der Waals surface area contributed by atoms with Gasteiger partial charge < -0.3 is 10.8 Å². The predicted molar refractivity (Wildman–Crippen MR) is 121 cm³/mol. The van der Waals surface area contributed by atoms with Crippen LogP contribution in [0.5, 0.6) is 0 Å². The topological polar surface area (TPSA) is 118 Å². The summed E-state index contributed by atoms with van der Waals surface area (Å²) >= 11 is 7.18. The number of benzene rings is 2. The minimum absolute atomic E-state index is 0.107. The van der Waals surface area contributed by atoms with Crippen molar-refractivity contribution in [3.05, 3.63) is 87.8 Å². The van der Waals surface area contributed by atoms with Crippen LogP contribution < -0.4 is 10.5 Å². The molecule has 1 heterocycles. The summed E-state index contributed by atoms with van der Waals surface area (Å²) in [4.78, 5) is 7.68. The van der Waals surface area contributed by atoms with Gasteiger partial charge in [-0.15, -0.1) is 11.3 Å². The van der Waals surface area contributed by atoms with Gasteiger partial charge in [0, 0.05) is 34.8 Å². The van der Waals surface area contributed by atoms with E-state index in [9.17, 15) is 17.9 Å². The van der Waals surface area contributed by atoms with Crippen molar-refractivity contribution in [3.63, 3.8) is 0 Å². The van der Waals surface area contributed by atoms with E-state index in [1.54, 1.807) is 30.6 Å². The second-order valence-corrected chi connectivity index (χ2v) is 9.24. The van der Waals surface area contributed by atoms with Gasteiger partial charge in [-0.25, -0.2) is 17.8 Å². The second kappa shape index (κ2) is 9.56. The molecule has 1 atom stereocenters. The molecule has 0 bridgehead atoms. The van der Waals surface area contributed by atoms with Gasteiger partial charge in [0.15, 0.2) is 5.13 Å². The Morgan fingerprint density at radius 3 is 2.68 bits per heavy atom. The first kappa shape index (κ1) is 22.9. The maximum atomic E-state index is 14.9. The second-order valence-electron chi connectivity index (χ2n) is 6.23. The van der Waals surface area contributed by atoms with Crippen LogP contribution in [0.1, 0.15) is 22.8 Å². The quantitative estimate of drug-likeness (QED) is 0.445. The van der Waals surface area contributed by atoms with E-state index in [4.69, 9.17) is 17.3 Å². The van der Waals surface area contributed by atoms with E-state index in [2.05, 4.69) is 14.7 Å². The van der Waals surface area contributed by atoms with Gasteiger partial charge in [-0.05, 0) is 42.1 Å². The van der Waals surface area contributed by atoms with Crippen LogP contribution in [0.2, 0.25) is 5.02 Å². The Kier molecular flexibility index (Phi) is 7.06. The van der Waals surface area contributed by atoms with Gasteiger partial charge >= 0.3 is 0 Å². The monoisotopic (exact) mass is 480 g/mol. The Balaban J connectivity index is 1.99. The van der Waals surface area contributed by atoms with Gasteiger partial charge in [-0.1, -0.05) is 23.7 Å². The van der Waals surface area contributed by atoms with Gasteiger partial charge in [0.1, 0.15) is 11.9 Å². The molecule has 0 fully saturated rings. The van der Waals surface area contributed by atoms with E-state index in [-0.39, 0.29) is 15.6 Å². The SMILES string of the molecule is CN=C(C=CN)c1cc(Cl)ccc1C(O)c1ccc(S(=O)(=O)Nc2nccs2)cc1F. The smallest absolute Gasteiger partial charge is 0.263 e. The number of aromatic nitrogens is 1. The molecule has 0 radical (unpaired) electrons. The number of aliphatic hydroxyl groups is 1. The van der Waals surface area contributed by atoms with Gasteiger partial charge in [0.05, 0.1) is 10.6 Å². The van der Waals surface area contributed by atoms with Crippen LogP contribution in [0.15, 0.2) is 70.1 Å². The molecule has 0 saturated carbocycles. The zero-order chi connectivity index (χ0) is 22.6. The summed E-state index contributed by atoms with van der Waals surface area (Å²) in [7, 11) is -2.49. The molecule has 4 N–H and O–H groups in total. The van der Waals surface area contributed by atoms with Crippen LogP contribution in [-0.4, -0.2) is 31.3 Å². The molecule has 0 aliphatic carbocycles. The first-order valence-electron chi connectivity index (χ1n) is 8.81. The van der Waals surface area contributed by atoms with E-state index in [1.165, 1.54) is 30.6 Å². The lowest BCUT2D eigenvalue weighted by atomic mass is 9.94. The first-order valence-corrected chi connectivity index (χ1v) is 11.6. The molecule has 0 spiro atoms. The molecular formula is C20H18ClFN4O3S2. The van der Waals surface area contributed by atoms with Crippen molar-refractivity contribution in [3.8, 4) is 0 Å². The number of anilines is 1. The number of hydrogen-bond acceptors (Lipinski definition) is 7. The van der Waals surface area contributed by atoms with Crippen LogP contribution in [0.3, 0.4) is 0 Å². The van der Waals surface area contributed by atoms with Crippen molar-refractivity contribution in [1.82, 2.24) is 4.98 Å². The lowest BCUT2D eigenvalue weighted by Crippen LogP contribution is -2.14. The summed E-state index contributed by atoms with van der Waals surface area (Å²) in [5.74, 6) is -0.889. The highest BCUT2D eigenvalue weighted by Crippen LogP contribution is 2.31. The predicted octanol–water partition coefficient (Wildman–Crippen LogP) is 3.71. The number of halogens is 2. The Labute approximate surface area is 187 Å². The molecule has 31 heavy (non-hydrogen) atoms. The molecule has 0 saturated heterocycles. The Morgan fingerprint density at radius 2 is 2.06 bits per heavy atom. The summed E-state index contributed by atoms with van der Waals surface area (Å²) < 4.78 is 42.1. The molecule has 0 amide bonds. The van der Waals surface area contributed by atoms with Crippen LogP contribution in [-0.2, 0) is 10.0 Å². The standard InChI is InChI=1S/C20H18ClFN4O3S2/c1-24-18(6-7-23)16-10-12(21)2-4-14(16)19(27)15-5-3-13(11-17(15)22)31(28,29)26-20-25-8-9-30-20/h2-11,19,27H,23H2,1H3,(H,25,26). The lowest BCUT2D eigenvalue weighted by molar-refractivity contribution is 0.214. The van der Waals surface area contributed by atoms with Crippen LogP contribution in [0, 0.1) is 5.82 Å². The maximum absolute atomic E-state index is 14.9. The fraction of sp³-hybridized carbons (Fsp3) is 0.100. The van der Waals surface area contributed by atoms with E-state index in [1.807, 2.05) is 0 Å². The highest BCUT2D eigenvalue weighted by atomic mass is 35.5. The highest BCUT2D eigenvalue weighted by Gasteiger charge is 2.23. The summed E-state index contributed by atoms with van der Waals surface area (Å²) in [6, 6.07) is 7.96. The van der Waals surface area contributed by atoms with E-state index >= 15 is 0 Å². The normalized spacial score (nSPS) is 13.5. The Morgan fingerprint density at radius 1 is 1.32 bits per heavy atom. The highest BCUT2D eigenvalue weighted by molar-refractivity contribution is 7.93. The van der Waals surface area contributed by atoms with Gasteiger partial charge in [-0.2, -0.15) is 0 Å². The molecule has 3 rings (SSSR count). The molecule has 0 aliphatic rings. The lowest BCUT2D eigenvalue weighted by Gasteiger charge is -2.18. The Bertz CT molecular complexity index is 1250. The van der Waals surface area contributed by atoms with Crippen LogP contribution in [0.4, 0.5) is 9.52 Å². The summed E-state index contributed by atoms with van der Waals surface area (Å²) in [6.45, 7) is 0. The number of sulfonamides is 1.